The van der Waals surface area contributed by atoms with Gasteiger partial charge in [-0.3, -0.25) is 9.78 Å². The first-order valence-electron chi connectivity index (χ1n) is 10.7. The highest BCUT2D eigenvalue weighted by atomic mass is 19.4. The Hall–Kier alpha value is -4.87. The summed E-state index contributed by atoms with van der Waals surface area (Å²) in [6.07, 6.45) is -0.559. The zero-order chi connectivity index (χ0) is 26.6. The van der Waals surface area contributed by atoms with Gasteiger partial charge in [0.2, 0.25) is 11.9 Å². The summed E-state index contributed by atoms with van der Waals surface area (Å²) in [5.74, 6) is -1.15. The van der Waals surface area contributed by atoms with Crippen molar-refractivity contribution in [2.24, 2.45) is 10.8 Å². The molecule has 1 amide bonds. The quantitative estimate of drug-likeness (QED) is 0.206. The molecule has 37 heavy (non-hydrogen) atoms. The second kappa shape index (κ2) is 10.4. The number of hydrazone groups is 1. The maximum atomic E-state index is 14.4. The lowest BCUT2D eigenvalue weighted by Crippen LogP contribution is -2.14. The van der Waals surface area contributed by atoms with Crippen LogP contribution in [0.1, 0.15) is 21.6 Å². The third kappa shape index (κ3) is 6.23. The van der Waals surface area contributed by atoms with E-state index < -0.39 is 23.5 Å². The van der Waals surface area contributed by atoms with Gasteiger partial charge in [0.15, 0.2) is 5.82 Å². The maximum absolute atomic E-state index is 14.4. The molecule has 0 atom stereocenters. The summed E-state index contributed by atoms with van der Waals surface area (Å²) in [6, 6.07) is 14.1. The zero-order valence-electron chi connectivity index (χ0n) is 19.2. The minimum atomic E-state index is -4.44. The van der Waals surface area contributed by atoms with E-state index in [1.54, 1.807) is 19.2 Å². The molecule has 0 aliphatic carbocycles. The van der Waals surface area contributed by atoms with Crippen molar-refractivity contribution in [1.29, 1.82) is 0 Å². The summed E-state index contributed by atoms with van der Waals surface area (Å²) >= 11 is 0. The second-order valence-corrected chi connectivity index (χ2v) is 7.75. The molecule has 8 nitrogen and oxygen atoms in total. The fraction of sp³-hybridized carbons (Fsp3) is 0.0800. The smallest absolute Gasteiger partial charge is 0.366 e. The van der Waals surface area contributed by atoms with E-state index in [0.29, 0.717) is 16.9 Å². The van der Waals surface area contributed by atoms with Gasteiger partial charge in [0.05, 0.1) is 35.6 Å². The van der Waals surface area contributed by atoms with Crippen molar-refractivity contribution < 1.29 is 22.4 Å². The molecule has 0 aliphatic rings. The van der Waals surface area contributed by atoms with Crippen molar-refractivity contribution in [3.05, 3.63) is 95.7 Å². The molecule has 2 aromatic heterocycles. The Morgan fingerprint density at radius 3 is 2.43 bits per heavy atom. The van der Waals surface area contributed by atoms with Crippen LogP contribution in [0.3, 0.4) is 0 Å². The van der Waals surface area contributed by atoms with E-state index in [1.807, 2.05) is 0 Å². The number of pyridine rings is 1. The zero-order valence-corrected chi connectivity index (χ0v) is 19.2. The Morgan fingerprint density at radius 2 is 1.78 bits per heavy atom. The first-order valence-corrected chi connectivity index (χ1v) is 10.7. The molecule has 0 spiro atoms. The van der Waals surface area contributed by atoms with Gasteiger partial charge in [0.25, 0.3) is 0 Å². The van der Waals surface area contributed by atoms with E-state index in [2.05, 4.69) is 25.4 Å². The minimum Gasteiger partial charge on any atom is -0.366 e. The largest absolute Gasteiger partial charge is 0.416 e. The minimum absolute atomic E-state index is 0.0196. The fourth-order valence-corrected chi connectivity index (χ4v) is 3.20. The molecule has 4 aromatic rings. The predicted octanol–water partition coefficient (Wildman–Crippen LogP) is 5.01. The van der Waals surface area contributed by atoms with Crippen LogP contribution in [-0.4, -0.2) is 34.1 Å². The van der Waals surface area contributed by atoms with Crippen LogP contribution in [0.25, 0.3) is 11.3 Å². The summed E-state index contributed by atoms with van der Waals surface area (Å²) in [7, 11) is 1.56. The summed E-state index contributed by atoms with van der Waals surface area (Å²) < 4.78 is 53.1. The number of amides is 1. The lowest BCUT2D eigenvalue weighted by Gasteiger charge is -2.12. The van der Waals surface area contributed by atoms with Crippen molar-refractivity contribution in [1.82, 2.24) is 15.0 Å². The van der Waals surface area contributed by atoms with Gasteiger partial charge in [0.1, 0.15) is 5.69 Å². The van der Waals surface area contributed by atoms with E-state index >= 15 is 0 Å². The lowest BCUT2D eigenvalue weighted by molar-refractivity contribution is -0.137. The number of hydrogen-bond acceptors (Lipinski definition) is 7. The van der Waals surface area contributed by atoms with Gasteiger partial charge in [-0.15, -0.1) is 0 Å². The molecule has 3 N–H and O–H groups in total. The Kier molecular flexibility index (Phi) is 7.09. The number of halogens is 4. The van der Waals surface area contributed by atoms with Crippen LogP contribution in [0, 0.1) is 5.82 Å². The molecule has 0 unspecified atom stereocenters. The number of hydrogen-bond donors (Lipinski definition) is 2. The second-order valence-electron chi connectivity index (χ2n) is 7.75. The molecular weight excluding hydrogens is 490 g/mol. The number of aromatic nitrogens is 3. The van der Waals surface area contributed by atoms with E-state index in [9.17, 15) is 22.4 Å². The molecule has 0 aliphatic heterocycles. The molecule has 0 fully saturated rings. The van der Waals surface area contributed by atoms with Crippen molar-refractivity contribution in [3.8, 4) is 11.3 Å². The predicted molar refractivity (Wildman–Crippen MR) is 131 cm³/mol. The Labute approximate surface area is 208 Å². The number of nitrogens with two attached hydrogens (primary N) is 1. The van der Waals surface area contributed by atoms with Crippen LogP contribution in [0.2, 0.25) is 0 Å². The first-order chi connectivity index (χ1) is 17.6. The first kappa shape index (κ1) is 25.2. The van der Waals surface area contributed by atoms with Gasteiger partial charge in [-0.2, -0.15) is 18.3 Å². The van der Waals surface area contributed by atoms with Crippen LogP contribution >= 0.6 is 0 Å². The van der Waals surface area contributed by atoms with Gasteiger partial charge in [-0.1, -0.05) is 18.2 Å². The third-order valence-corrected chi connectivity index (χ3v) is 5.09. The molecule has 2 heterocycles. The van der Waals surface area contributed by atoms with Crippen LogP contribution in [0.4, 0.5) is 34.9 Å². The highest BCUT2D eigenvalue weighted by Gasteiger charge is 2.30. The third-order valence-electron chi connectivity index (χ3n) is 5.09. The van der Waals surface area contributed by atoms with Gasteiger partial charge in [0, 0.05) is 23.9 Å². The molecule has 0 bridgehead atoms. The van der Waals surface area contributed by atoms with Crippen molar-refractivity contribution >= 4 is 29.4 Å². The van der Waals surface area contributed by atoms with Gasteiger partial charge in [-0.05, 0) is 42.5 Å². The monoisotopic (exact) mass is 509 g/mol. The molecule has 0 saturated carbocycles. The van der Waals surface area contributed by atoms with Gasteiger partial charge < -0.3 is 11.1 Å². The molecule has 2 aromatic carbocycles. The number of anilines is 3. The molecule has 4 rings (SSSR count). The van der Waals surface area contributed by atoms with Crippen molar-refractivity contribution in [2.45, 2.75) is 6.18 Å². The molecule has 0 radical (unpaired) electrons. The fourth-order valence-electron chi connectivity index (χ4n) is 3.20. The Balaban J connectivity index is 1.45. The van der Waals surface area contributed by atoms with Crippen LogP contribution < -0.4 is 16.1 Å². The summed E-state index contributed by atoms with van der Waals surface area (Å²) in [6.45, 7) is 0. The average Bonchev–Trinajstić information content (AvgIpc) is 2.88. The maximum Gasteiger partial charge on any atom is 0.416 e. The average molecular weight is 509 g/mol. The number of primary amides is 1. The molecule has 12 heteroatoms. The van der Waals surface area contributed by atoms with Crippen molar-refractivity contribution in [2.75, 3.05) is 17.4 Å². The van der Waals surface area contributed by atoms with E-state index in [-0.39, 0.29) is 22.9 Å². The van der Waals surface area contributed by atoms with Crippen molar-refractivity contribution in [3.63, 3.8) is 0 Å². The van der Waals surface area contributed by atoms with Gasteiger partial charge >= 0.3 is 6.18 Å². The van der Waals surface area contributed by atoms with Gasteiger partial charge in [-0.25, -0.2) is 19.4 Å². The number of carbonyl (C=O) groups is 1. The topological polar surface area (TPSA) is 109 Å². The molecule has 0 saturated heterocycles. The number of nitrogens with one attached hydrogen (secondary N) is 1. The number of carbonyl (C=O) groups excluding carboxylic acids is 1. The van der Waals surface area contributed by atoms with Crippen LogP contribution in [-0.2, 0) is 6.18 Å². The Morgan fingerprint density at radius 1 is 1.03 bits per heavy atom. The van der Waals surface area contributed by atoms with E-state index in [1.165, 1.54) is 53.8 Å². The number of nitrogens with zero attached hydrogens (tertiary/aromatic N) is 5. The highest BCUT2D eigenvalue weighted by Crippen LogP contribution is 2.31. The SMILES string of the molecule is CN(/N=C/c1ccc(Nc2cccc(C(F)(F)F)c2)cn1)c1ncc(F)c(-c2ccc(C(N)=O)cc2)n1. The standard InChI is InChI=1S/C25H19F4N7O/c1-36(24-32-14-21(26)22(35-24)15-5-7-16(8-6-15)23(30)37)33-13-19-9-10-20(12-31-19)34-18-4-2-3-17(11-18)25(27,28)29/h2-14,34H,1H3,(H2,30,37)/b33-13+. The summed E-state index contributed by atoms with van der Waals surface area (Å²) in [5.41, 5.74) is 6.40. The molecule has 188 valence electrons. The number of benzene rings is 2. The van der Waals surface area contributed by atoms with Crippen LogP contribution in [0.5, 0.6) is 0 Å². The normalized spacial score (nSPS) is 11.5. The lowest BCUT2D eigenvalue weighted by atomic mass is 10.1. The Bertz CT molecular complexity index is 1440. The van der Waals surface area contributed by atoms with E-state index in [4.69, 9.17) is 5.73 Å². The summed E-state index contributed by atoms with van der Waals surface area (Å²) in [4.78, 5) is 23.6. The van der Waals surface area contributed by atoms with E-state index in [0.717, 1.165) is 18.3 Å². The highest BCUT2D eigenvalue weighted by molar-refractivity contribution is 5.93. The molecular formula is C25H19F4N7O. The number of alkyl halides is 3. The number of rotatable bonds is 7. The summed E-state index contributed by atoms with van der Waals surface area (Å²) in [5, 5.41) is 8.40. The van der Waals surface area contributed by atoms with Crippen LogP contribution in [0.15, 0.2) is 78.2 Å².